The number of aromatic amines is 1. The van der Waals surface area contributed by atoms with Crippen molar-refractivity contribution in [3.63, 3.8) is 0 Å². The molecule has 1 aromatic carbocycles. The molecule has 90 valence electrons. The van der Waals surface area contributed by atoms with Crippen molar-refractivity contribution in [1.29, 1.82) is 0 Å². The Balaban J connectivity index is 2.69. The van der Waals surface area contributed by atoms with Crippen molar-refractivity contribution in [2.75, 3.05) is 0 Å². The van der Waals surface area contributed by atoms with Gasteiger partial charge in [0.25, 0.3) is 5.56 Å². The van der Waals surface area contributed by atoms with E-state index in [1.807, 2.05) is 13.8 Å². The first-order valence-electron chi connectivity index (χ1n) is 5.73. The highest BCUT2D eigenvalue weighted by atomic mass is 16.1. The number of para-hydroxylation sites is 1. The van der Waals surface area contributed by atoms with Crippen LogP contribution in [0.3, 0.4) is 0 Å². The minimum absolute atomic E-state index is 0.0338. The first-order chi connectivity index (χ1) is 8.00. The van der Waals surface area contributed by atoms with Crippen molar-refractivity contribution in [3.05, 3.63) is 34.1 Å². The van der Waals surface area contributed by atoms with Gasteiger partial charge >= 0.3 is 0 Å². The molecule has 17 heavy (non-hydrogen) atoms. The number of carbonyl (C=O) groups excluding carboxylic acids is 1. The molecule has 1 N–H and O–H groups in total. The first-order valence-corrected chi connectivity index (χ1v) is 5.73. The van der Waals surface area contributed by atoms with E-state index < -0.39 is 0 Å². The lowest BCUT2D eigenvalue weighted by Gasteiger charge is -2.03. The van der Waals surface area contributed by atoms with Crippen LogP contribution >= 0.6 is 0 Å². The molecule has 0 fully saturated rings. The van der Waals surface area contributed by atoms with Gasteiger partial charge < -0.3 is 0 Å². The third-order valence-corrected chi connectivity index (χ3v) is 2.71. The van der Waals surface area contributed by atoms with Crippen molar-refractivity contribution < 1.29 is 4.79 Å². The summed E-state index contributed by atoms with van der Waals surface area (Å²) in [6, 6.07) is 5.23. The fourth-order valence-electron chi connectivity index (χ4n) is 1.97. The van der Waals surface area contributed by atoms with Gasteiger partial charge in [0.05, 0.1) is 10.9 Å². The number of hydrogen-bond acceptors (Lipinski definition) is 2. The quantitative estimate of drug-likeness (QED) is 0.825. The van der Waals surface area contributed by atoms with Gasteiger partial charge in [-0.05, 0) is 25.0 Å². The molecular weight excluding hydrogens is 216 g/mol. The maximum Gasteiger partial charge on any atom is 0.274 e. The molecule has 1 aromatic heterocycles. The number of aromatic nitrogens is 2. The van der Waals surface area contributed by atoms with E-state index in [4.69, 9.17) is 0 Å². The van der Waals surface area contributed by atoms with Gasteiger partial charge in [0.15, 0.2) is 5.78 Å². The Labute approximate surface area is 99.2 Å². The van der Waals surface area contributed by atoms with Gasteiger partial charge in [0.1, 0.15) is 0 Å². The Kier molecular flexibility index (Phi) is 2.88. The highest BCUT2D eigenvalue weighted by molar-refractivity contribution is 6.05. The molecule has 2 aromatic rings. The highest BCUT2D eigenvalue weighted by Crippen LogP contribution is 2.14. The summed E-state index contributed by atoms with van der Waals surface area (Å²) in [6.45, 7) is 6.23. The summed E-state index contributed by atoms with van der Waals surface area (Å²) in [5.41, 5.74) is 1.16. The van der Waals surface area contributed by atoms with E-state index in [2.05, 4.69) is 5.10 Å². The van der Waals surface area contributed by atoms with Crippen LogP contribution in [0.15, 0.2) is 23.0 Å². The van der Waals surface area contributed by atoms with E-state index in [0.29, 0.717) is 28.9 Å². The summed E-state index contributed by atoms with van der Waals surface area (Å²) in [4.78, 5) is 23.5. The molecule has 4 nitrogen and oxygen atoms in total. The molecule has 0 spiro atoms. The highest BCUT2D eigenvalue weighted by Gasteiger charge is 2.12. The van der Waals surface area contributed by atoms with Gasteiger partial charge in [0, 0.05) is 12.1 Å². The predicted molar refractivity (Wildman–Crippen MR) is 67.4 cm³/mol. The summed E-state index contributed by atoms with van der Waals surface area (Å²) >= 11 is 0. The number of nitrogens with one attached hydrogen (secondary N) is 1. The molecule has 0 unspecified atom stereocenters. The largest absolute Gasteiger partial charge is 0.294 e. The van der Waals surface area contributed by atoms with Crippen molar-refractivity contribution >= 4 is 16.7 Å². The standard InChI is InChI=1S/C13H16N2O2/c1-8(2)7-15-13(17)11-6-4-5-10(9(3)16)12(11)14-15/h4-6,8,14H,7H2,1-3H3. The second-order valence-electron chi connectivity index (χ2n) is 4.71. The maximum atomic E-state index is 12.1. The van der Waals surface area contributed by atoms with Crippen molar-refractivity contribution in [2.45, 2.75) is 27.3 Å². The SMILES string of the molecule is CC(=O)c1cccc2c(=O)n(CC(C)C)[nH]c12. The van der Waals surface area contributed by atoms with E-state index in [1.54, 1.807) is 22.9 Å². The van der Waals surface area contributed by atoms with Crippen LogP contribution < -0.4 is 5.56 Å². The average molecular weight is 232 g/mol. The molecular formula is C13H16N2O2. The van der Waals surface area contributed by atoms with E-state index in [1.165, 1.54) is 6.92 Å². The smallest absolute Gasteiger partial charge is 0.274 e. The minimum atomic E-state index is -0.0585. The van der Waals surface area contributed by atoms with Crippen LogP contribution in [-0.4, -0.2) is 15.6 Å². The number of fused-ring (bicyclic) bond motifs is 1. The molecule has 4 heteroatoms. The molecule has 0 aliphatic rings. The van der Waals surface area contributed by atoms with Crippen LogP contribution in [0, 0.1) is 5.92 Å². The van der Waals surface area contributed by atoms with Gasteiger partial charge in [0.2, 0.25) is 0 Å². The molecule has 1 heterocycles. The van der Waals surface area contributed by atoms with E-state index in [9.17, 15) is 9.59 Å². The Bertz CT molecular complexity index is 620. The lowest BCUT2D eigenvalue weighted by molar-refractivity contribution is 0.101. The Hall–Kier alpha value is -1.84. The summed E-state index contributed by atoms with van der Waals surface area (Å²) in [5, 5.41) is 3.61. The van der Waals surface area contributed by atoms with Crippen LogP contribution in [0.5, 0.6) is 0 Å². The van der Waals surface area contributed by atoms with E-state index in [-0.39, 0.29) is 11.3 Å². The second kappa shape index (κ2) is 4.20. The van der Waals surface area contributed by atoms with Crippen molar-refractivity contribution in [1.82, 2.24) is 9.78 Å². The number of Topliss-reactive ketones (excluding diaryl/α,β-unsaturated/α-hetero) is 1. The molecule has 0 atom stereocenters. The third-order valence-electron chi connectivity index (χ3n) is 2.71. The normalized spacial score (nSPS) is 11.3. The molecule has 0 bridgehead atoms. The summed E-state index contributed by atoms with van der Waals surface area (Å²) in [6.07, 6.45) is 0. The third kappa shape index (κ3) is 2.02. The number of ketones is 1. The monoisotopic (exact) mass is 232 g/mol. The fraction of sp³-hybridized carbons (Fsp3) is 0.385. The van der Waals surface area contributed by atoms with Gasteiger partial charge in [-0.3, -0.25) is 19.4 Å². The number of carbonyl (C=O) groups is 1. The lowest BCUT2D eigenvalue weighted by atomic mass is 10.1. The number of H-pyrrole nitrogens is 1. The van der Waals surface area contributed by atoms with Crippen molar-refractivity contribution in [3.8, 4) is 0 Å². The molecule has 0 aliphatic heterocycles. The molecule has 0 saturated heterocycles. The zero-order chi connectivity index (χ0) is 12.6. The summed E-state index contributed by atoms with van der Waals surface area (Å²) in [7, 11) is 0. The van der Waals surface area contributed by atoms with Crippen LogP contribution in [0.25, 0.3) is 10.9 Å². The molecule has 0 aliphatic carbocycles. The van der Waals surface area contributed by atoms with Crippen molar-refractivity contribution in [2.24, 2.45) is 5.92 Å². The van der Waals surface area contributed by atoms with Gasteiger partial charge in [-0.25, -0.2) is 0 Å². The second-order valence-corrected chi connectivity index (χ2v) is 4.71. The molecule has 2 rings (SSSR count). The van der Waals surface area contributed by atoms with E-state index >= 15 is 0 Å². The first kappa shape index (κ1) is 11.6. The minimum Gasteiger partial charge on any atom is -0.294 e. The van der Waals surface area contributed by atoms with E-state index in [0.717, 1.165) is 0 Å². The summed E-state index contributed by atoms with van der Waals surface area (Å²) < 4.78 is 1.57. The number of hydrogen-bond donors (Lipinski definition) is 1. The molecule has 0 amide bonds. The number of rotatable bonds is 3. The fourth-order valence-corrected chi connectivity index (χ4v) is 1.97. The van der Waals surface area contributed by atoms with Gasteiger partial charge in [-0.15, -0.1) is 0 Å². The lowest BCUT2D eigenvalue weighted by Crippen LogP contribution is -2.19. The Morgan fingerprint density at radius 1 is 1.41 bits per heavy atom. The average Bonchev–Trinajstić information content (AvgIpc) is 2.55. The molecule has 0 radical (unpaired) electrons. The van der Waals surface area contributed by atoms with Crippen LogP contribution in [-0.2, 0) is 6.54 Å². The number of benzene rings is 1. The summed E-state index contributed by atoms with van der Waals surface area (Å²) in [5.74, 6) is 0.343. The predicted octanol–water partition coefficient (Wildman–Crippen LogP) is 2.19. The van der Waals surface area contributed by atoms with Gasteiger partial charge in [-0.2, -0.15) is 0 Å². The zero-order valence-corrected chi connectivity index (χ0v) is 10.3. The zero-order valence-electron chi connectivity index (χ0n) is 10.3. The van der Waals surface area contributed by atoms with Crippen LogP contribution in [0.1, 0.15) is 31.1 Å². The Morgan fingerprint density at radius 2 is 2.12 bits per heavy atom. The molecule has 0 saturated carbocycles. The topological polar surface area (TPSA) is 54.9 Å². The number of nitrogens with zero attached hydrogens (tertiary/aromatic N) is 1. The Morgan fingerprint density at radius 3 is 2.71 bits per heavy atom. The maximum absolute atomic E-state index is 12.1. The van der Waals surface area contributed by atoms with Gasteiger partial charge in [-0.1, -0.05) is 19.9 Å². The van der Waals surface area contributed by atoms with Crippen LogP contribution in [0.2, 0.25) is 0 Å². The van der Waals surface area contributed by atoms with Crippen LogP contribution in [0.4, 0.5) is 0 Å².